The van der Waals surface area contributed by atoms with E-state index in [9.17, 15) is 4.79 Å². The third kappa shape index (κ3) is 3.68. The van der Waals surface area contributed by atoms with E-state index >= 15 is 0 Å². The van der Waals surface area contributed by atoms with Crippen molar-refractivity contribution in [3.05, 3.63) is 70.0 Å². The molecule has 7 heteroatoms. The fourth-order valence-electron chi connectivity index (χ4n) is 2.26. The molecule has 2 N–H and O–H groups in total. The molecule has 23 heavy (non-hydrogen) atoms. The van der Waals surface area contributed by atoms with E-state index in [-0.39, 0.29) is 5.91 Å². The Morgan fingerprint density at radius 1 is 1.39 bits per heavy atom. The zero-order chi connectivity index (χ0) is 16.2. The van der Waals surface area contributed by atoms with E-state index in [4.69, 9.17) is 0 Å². The minimum absolute atomic E-state index is 0.207. The lowest BCUT2D eigenvalue weighted by Crippen LogP contribution is -2.23. The van der Waals surface area contributed by atoms with E-state index in [0.29, 0.717) is 16.7 Å². The number of halogens is 1. The van der Waals surface area contributed by atoms with Gasteiger partial charge in [0.25, 0.3) is 5.91 Å². The second kappa shape index (κ2) is 6.78. The highest BCUT2D eigenvalue weighted by Crippen LogP contribution is 2.18. The van der Waals surface area contributed by atoms with Gasteiger partial charge in [-0.2, -0.15) is 5.10 Å². The number of amides is 1. The summed E-state index contributed by atoms with van der Waals surface area (Å²) in [5.41, 5.74) is 3.40. The van der Waals surface area contributed by atoms with Crippen LogP contribution in [0.1, 0.15) is 27.3 Å². The highest BCUT2D eigenvalue weighted by Gasteiger charge is 2.15. The number of carbonyl (C=O) groups is 1. The lowest BCUT2D eigenvalue weighted by Gasteiger charge is -2.07. The zero-order valence-corrected chi connectivity index (χ0v) is 14.2. The van der Waals surface area contributed by atoms with Crippen LogP contribution in [0.25, 0.3) is 0 Å². The van der Waals surface area contributed by atoms with Crippen LogP contribution in [0.2, 0.25) is 0 Å². The molecule has 0 spiro atoms. The smallest absolute Gasteiger partial charge is 0.273 e. The maximum atomic E-state index is 12.2. The topological polar surface area (TPSA) is 75.6 Å². The number of carbonyl (C=O) groups excluding carboxylic acids is 1. The zero-order valence-electron chi connectivity index (χ0n) is 12.6. The average Bonchev–Trinajstić information content (AvgIpc) is 3.17. The largest absolute Gasteiger partial charge is 0.347 e. The summed E-state index contributed by atoms with van der Waals surface area (Å²) in [6, 6.07) is 8.11. The third-order valence-electron chi connectivity index (χ3n) is 3.46. The summed E-state index contributed by atoms with van der Waals surface area (Å²) in [6.07, 6.45) is 5.46. The Morgan fingerprint density at radius 2 is 2.22 bits per heavy atom. The van der Waals surface area contributed by atoms with E-state index in [1.165, 1.54) is 0 Å². The number of rotatable bonds is 5. The molecule has 0 aliphatic heterocycles. The molecule has 0 aliphatic carbocycles. The van der Waals surface area contributed by atoms with Gasteiger partial charge in [-0.25, -0.2) is 4.98 Å². The first-order chi connectivity index (χ1) is 11.1. The van der Waals surface area contributed by atoms with Gasteiger partial charge in [0, 0.05) is 31.2 Å². The van der Waals surface area contributed by atoms with Gasteiger partial charge in [0.05, 0.1) is 10.8 Å². The van der Waals surface area contributed by atoms with E-state index < -0.39 is 0 Å². The number of hydrogen-bond donors (Lipinski definition) is 2. The van der Waals surface area contributed by atoms with Crippen molar-refractivity contribution in [3.63, 3.8) is 0 Å². The summed E-state index contributed by atoms with van der Waals surface area (Å²) < 4.78 is 2.70. The molecule has 3 aromatic rings. The molecule has 118 valence electrons. The number of aromatic nitrogens is 4. The lowest BCUT2D eigenvalue weighted by atomic mass is 10.1. The van der Waals surface area contributed by atoms with Gasteiger partial charge in [-0.15, -0.1) is 0 Å². The van der Waals surface area contributed by atoms with E-state index in [0.717, 1.165) is 23.4 Å². The number of hydrogen-bond acceptors (Lipinski definition) is 3. The van der Waals surface area contributed by atoms with Crippen LogP contribution in [0.4, 0.5) is 0 Å². The quantitative estimate of drug-likeness (QED) is 0.721. The van der Waals surface area contributed by atoms with Crippen molar-refractivity contribution in [3.8, 4) is 0 Å². The monoisotopic (exact) mass is 373 g/mol. The summed E-state index contributed by atoms with van der Waals surface area (Å²) in [6.45, 7) is 3.06. The molecule has 2 aromatic heterocycles. The first kappa shape index (κ1) is 15.5. The summed E-state index contributed by atoms with van der Waals surface area (Å²) >= 11 is 3.36. The SMILES string of the molecule is Cc1[nH]nc(C(=O)NCc2cccc(Cn3ccnc3)c2)c1Br. The number of aromatic amines is 1. The van der Waals surface area contributed by atoms with E-state index in [2.05, 4.69) is 48.6 Å². The van der Waals surface area contributed by atoms with Gasteiger partial charge in [-0.1, -0.05) is 24.3 Å². The van der Waals surface area contributed by atoms with Crippen molar-refractivity contribution in [1.82, 2.24) is 25.1 Å². The van der Waals surface area contributed by atoms with Gasteiger partial charge in [-0.05, 0) is 34.0 Å². The van der Waals surface area contributed by atoms with Crippen molar-refractivity contribution in [2.24, 2.45) is 0 Å². The molecule has 0 radical (unpaired) electrons. The van der Waals surface area contributed by atoms with Gasteiger partial charge in [0.2, 0.25) is 0 Å². The molecule has 0 saturated carbocycles. The number of H-pyrrole nitrogens is 1. The van der Waals surface area contributed by atoms with Gasteiger partial charge < -0.3 is 9.88 Å². The first-order valence-electron chi connectivity index (χ1n) is 7.15. The second-order valence-corrected chi connectivity index (χ2v) is 6.04. The Kier molecular flexibility index (Phi) is 4.57. The predicted octanol–water partition coefficient (Wildman–Crippen LogP) is 2.66. The summed E-state index contributed by atoms with van der Waals surface area (Å²) in [5, 5.41) is 9.67. The van der Waals surface area contributed by atoms with Gasteiger partial charge in [0.1, 0.15) is 0 Å². The molecule has 0 fully saturated rings. The molecule has 0 saturated heterocycles. The molecule has 3 rings (SSSR count). The molecule has 0 atom stereocenters. The maximum Gasteiger partial charge on any atom is 0.273 e. The minimum Gasteiger partial charge on any atom is -0.347 e. The molecule has 0 bridgehead atoms. The van der Waals surface area contributed by atoms with Crippen LogP contribution >= 0.6 is 15.9 Å². The lowest BCUT2D eigenvalue weighted by molar-refractivity contribution is 0.0945. The number of imidazole rings is 1. The van der Waals surface area contributed by atoms with Crippen molar-refractivity contribution in [2.75, 3.05) is 0 Å². The fraction of sp³-hybridized carbons (Fsp3) is 0.188. The molecule has 0 unspecified atom stereocenters. The molecule has 1 aromatic carbocycles. The first-order valence-corrected chi connectivity index (χ1v) is 7.95. The Bertz CT molecular complexity index is 810. The molecule has 6 nitrogen and oxygen atoms in total. The summed E-state index contributed by atoms with van der Waals surface area (Å²) in [5.74, 6) is -0.207. The van der Waals surface area contributed by atoms with Crippen LogP contribution in [0.3, 0.4) is 0 Å². The Morgan fingerprint density at radius 3 is 2.91 bits per heavy atom. The number of aryl methyl sites for hydroxylation is 1. The Hall–Kier alpha value is -2.41. The summed E-state index contributed by atoms with van der Waals surface area (Å²) in [4.78, 5) is 16.2. The average molecular weight is 374 g/mol. The molecular formula is C16H16BrN5O. The van der Waals surface area contributed by atoms with Gasteiger partial charge >= 0.3 is 0 Å². The van der Waals surface area contributed by atoms with Crippen LogP contribution in [0.15, 0.2) is 47.5 Å². The Balaban J connectivity index is 1.64. The van der Waals surface area contributed by atoms with Crippen LogP contribution in [0, 0.1) is 6.92 Å². The minimum atomic E-state index is -0.207. The van der Waals surface area contributed by atoms with Crippen molar-refractivity contribution >= 4 is 21.8 Å². The van der Waals surface area contributed by atoms with Crippen LogP contribution in [-0.2, 0) is 13.1 Å². The van der Waals surface area contributed by atoms with Crippen LogP contribution in [-0.4, -0.2) is 25.7 Å². The second-order valence-electron chi connectivity index (χ2n) is 5.25. The standard InChI is InChI=1S/C16H16BrN5O/c1-11-14(17)15(21-20-11)16(23)19-8-12-3-2-4-13(7-12)9-22-6-5-18-10-22/h2-7,10H,8-9H2,1H3,(H,19,23)(H,20,21). The van der Waals surface area contributed by atoms with Gasteiger partial charge in [0.15, 0.2) is 5.69 Å². The molecule has 1 amide bonds. The number of nitrogens with one attached hydrogen (secondary N) is 2. The third-order valence-corrected chi connectivity index (χ3v) is 4.43. The molecule has 0 aliphatic rings. The van der Waals surface area contributed by atoms with E-state index in [1.807, 2.05) is 29.8 Å². The van der Waals surface area contributed by atoms with E-state index in [1.54, 1.807) is 12.5 Å². The Labute approximate surface area is 142 Å². The number of benzene rings is 1. The number of nitrogens with zero attached hydrogens (tertiary/aromatic N) is 3. The highest BCUT2D eigenvalue weighted by molar-refractivity contribution is 9.10. The van der Waals surface area contributed by atoms with Crippen LogP contribution in [0.5, 0.6) is 0 Å². The molecule has 2 heterocycles. The normalized spacial score (nSPS) is 10.7. The van der Waals surface area contributed by atoms with Crippen LogP contribution < -0.4 is 5.32 Å². The van der Waals surface area contributed by atoms with Gasteiger partial charge in [-0.3, -0.25) is 9.89 Å². The molecular weight excluding hydrogens is 358 g/mol. The van der Waals surface area contributed by atoms with Crippen molar-refractivity contribution in [2.45, 2.75) is 20.0 Å². The maximum absolute atomic E-state index is 12.2. The predicted molar refractivity (Wildman–Crippen MR) is 90.0 cm³/mol. The fourth-order valence-corrected chi connectivity index (χ4v) is 2.62. The summed E-state index contributed by atoms with van der Waals surface area (Å²) in [7, 11) is 0. The highest BCUT2D eigenvalue weighted by atomic mass is 79.9. The van der Waals surface area contributed by atoms with Crippen molar-refractivity contribution < 1.29 is 4.79 Å². The van der Waals surface area contributed by atoms with Crippen molar-refractivity contribution in [1.29, 1.82) is 0 Å².